The van der Waals surface area contributed by atoms with E-state index in [2.05, 4.69) is 0 Å². The molecule has 0 aliphatic heterocycles. The molecule has 1 aromatic carbocycles. The molecule has 0 N–H and O–H groups in total. The molecule has 0 saturated carbocycles. The van der Waals surface area contributed by atoms with Crippen molar-refractivity contribution in [1.82, 2.24) is 0 Å². The van der Waals surface area contributed by atoms with Crippen LogP contribution in [0.3, 0.4) is 0 Å². The number of ketones is 1. The van der Waals surface area contributed by atoms with E-state index in [0.29, 0.717) is 30.9 Å². The van der Waals surface area contributed by atoms with Crippen LogP contribution in [0.1, 0.15) is 18.4 Å². The first-order valence-electron chi connectivity index (χ1n) is 5.92. The van der Waals surface area contributed by atoms with Gasteiger partial charge in [0.25, 0.3) is 0 Å². The lowest BCUT2D eigenvalue weighted by Gasteiger charge is -2.09. The molecule has 0 bridgehead atoms. The molecule has 1 aromatic rings. The van der Waals surface area contributed by atoms with E-state index < -0.39 is 0 Å². The molecule has 0 aliphatic rings. The minimum atomic E-state index is 0.208. The second-order valence-electron chi connectivity index (χ2n) is 4.00. The van der Waals surface area contributed by atoms with Crippen molar-refractivity contribution in [1.29, 1.82) is 0 Å². The molecule has 0 radical (unpaired) electrons. The van der Waals surface area contributed by atoms with E-state index in [0.717, 1.165) is 12.0 Å². The maximum absolute atomic E-state index is 11.7. The largest absolute Gasteiger partial charge is 0.493 e. The van der Waals surface area contributed by atoms with E-state index in [1.165, 1.54) is 0 Å². The quantitative estimate of drug-likeness (QED) is 0.666. The molecule has 0 fully saturated rings. The van der Waals surface area contributed by atoms with Crippen LogP contribution >= 0.6 is 0 Å². The number of rotatable bonds is 8. The number of carbonyl (C=O) groups excluding carboxylic acids is 1. The second kappa shape index (κ2) is 7.71. The molecule has 4 nitrogen and oxygen atoms in total. The van der Waals surface area contributed by atoms with Crippen LogP contribution < -0.4 is 9.47 Å². The molecule has 0 unspecified atom stereocenters. The Kier molecular flexibility index (Phi) is 6.22. The zero-order valence-electron chi connectivity index (χ0n) is 11.2. The normalized spacial score (nSPS) is 10.2. The number of Topliss-reactive ketones (excluding diaryl/α,β-unsaturated/α-hetero) is 1. The maximum atomic E-state index is 11.7. The lowest BCUT2D eigenvalue weighted by molar-refractivity contribution is -0.118. The summed E-state index contributed by atoms with van der Waals surface area (Å²) < 4.78 is 15.3. The highest BCUT2D eigenvalue weighted by molar-refractivity contribution is 5.81. The zero-order valence-corrected chi connectivity index (χ0v) is 11.2. The summed E-state index contributed by atoms with van der Waals surface area (Å²) in [5.74, 6) is 1.53. The first kappa shape index (κ1) is 14.5. The van der Waals surface area contributed by atoms with Crippen LogP contribution in [0.4, 0.5) is 0 Å². The van der Waals surface area contributed by atoms with E-state index in [9.17, 15) is 4.79 Å². The van der Waals surface area contributed by atoms with Crippen molar-refractivity contribution in [3.63, 3.8) is 0 Å². The third-order valence-electron chi connectivity index (χ3n) is 2.65. The summed E-state index contributed by atoms with van der Waals surface area (Å²) in [6.07, 6.45) is 1.73. The van der Waals surface area contributed by atoms with Crippen LogP contribution in [-0.2, 0) is 16.0 Å². The van der Waals surface area contributed by atoms with Gasteiger partial charge in [-0.05, 0) is 24.1 Å². The van der Waals surface area contributed by atoms with Crippen LogP contribution in [-0.4, -0.2) is 33.7 Å². The highest BCUT2D eigenvalue weighted by Gasteiger charge is 2.08. The lowest BCUT2D eigenvalue weighted by atomic mass is 10.1. The first-order valence-corrected chi connectivity index (χ1v) is 5.92. The van der Waals surface area contributed by atoms with Crippen molar-refractivity contribution < 1.29 is 19.0 Å². The summed E-state index contributed by atoms with van der Waals surface area (Å²) >= 11 is 0. The van der Waals surface area contributed by atoms with Gasteiger partial charge in [0.05, 0.1) is 14.2 Å². The second-order valence-corrected chi connectivity index (χ2v) is 4.00. The molecular formula is C14H20O4. The Balaban J connectivity index is 2.59. The topological polar surface area (TPSA) is 44.8 Å². The van der Waals surface area contributed by atoms with Gasteiger partial charge in [0.15, 0.2) is 11.5 Å². The van der Waals surface area contributed by atoms with E-state index >= 15 is 0 Å². The summed E-state index contributed by atoms with van der Waals surface area (Å²) in [6.45, 7) is 0.623. The van der Waals surface area contributed by atoms with Crippen LogP contribution in [0, 0.1) is 0 Å². The molecule has 0 aliphatic carbocycles. The molecular weight excluding hydrogens is 232 g/mol. The monoisotopic (exact) mass is 252 g/mol. The van der Waals surface area contributed by atoms with Crippen LogP contribution in [0.25, 0.3) is 0 Å². The molecule has 1 rings (SSSR count). The highest BCUT2D eigenvalue weighted by atomic mass is 16.5. The Morgan fingerprint density at radius 2 is 1.83 bits per heavy atom. The third-order valence-corrected chi connectivity index (χ3v) is 2.65. The molecule has 100 valence electrons. The van der Waals surface area contributed by atoms with Crippen molar-refractivity contribution in [2.24, 2.45) is 0 Å². The van der Waals surface area contributed by atoms with Gasteiger partial charge in [-0.15, -0.1) is 0 Å². The van der Waals surface area contributed by atoms with Gasteiger partial charge in [0.2, 0.25) is 0 Å². The fourth-order valence-electron chi connectivity index (χ4n) is 1.72. The number of benzene rings is 1. The summed E-state index contributed by atoms with van der Waals surface area (Å²) in [5.41, 5.74) is 0.940. The minimum Gasteiger partial charge on any atom is -0.493 e. The Labute approximate surface area is 108 Å². The standard InChI is InChI=1S/C14H20O4/c1-16-8-4-5-12(15)9-11-6-7-13(17-2)14(10-11)18-3/h6-7,10H,4-5,8-9H2,1-3H3. The van der Waals surface area contributed by atoms with E-state index in [1.807, 2.05) is 18.2 Å². The average Bonchev–Trinajstić information content (AvgIpc) is 2.39. The average molecular weight is 252 g/mol. The van der Waals surface area contributed by atoms with Gasteiger partial charge in [0.1, 0.15) is 5.78 Å². The molecule has 0 heterocycles. The van der Waals surface area contributed by atoms with Crippen LogP contribution in [0.2, 0.25) is 0 Å². The number of hydrogen-bond acceptors (Lipinski definition) is 4. The summed E-state index contributed by atoms with van der Waals surface area (Å²) in [7, 11) is 4.81. The Morgan fingerprint density at radius 1 is 1.11 bits per heavy atom. The lowest BCUT2D eigenvalue weighted by Crippen LogP contribution is -2.04. The van der Waals surface area contributed by atoms with Crippen LogP contribution in [0.15, 0.2) is 18.2 Å². The van der Waals surface area contributed by atoms with E-state index in [1.54, 1.807) is 21.3 Å². The minimum absolute atomic E-state index is 0.208. The van der Waals surface area contributed by atoms with Crippen molar-refractivity contribution >= 4 is 5.78 Å². The Morgan fingerprint density at radius 3 is 2.44 bits per heavy atom. The predicted octanol–water partition coefficient (Wildman–Crippen LogP) is 2.24. The molecule has 4 heteroatoms. The predicted molar refractivity (Wildman–Crippen MR) is 69.4 cm³/mol. The molecule has 0 saturated heterocycles. The van der Waals surface area contributed by atoms with Crippen molar-refractivity contribution in [2.45, 2.75) is 19.3 Å². The van der Waals surface area contributed by atoms with Gasteiger partial charge in [-0.2, -0.15) is 0 Å². The highest BCUT2D eigenvalue weighted by Crippen LogP contribution is 2.27. The summed E-state index contributed by atoms with van der Waals surface area (Å²) in [6, 6.07) is 5.54. The van der Waals surface area contributed by atoms with Gasteiger partial charge in [0, 0.05) is 26.6 Å². The fourth-order valence-corrected chi connectivity index (χ4v) is 1.72. The number of ether oxygens (including phenoxy) is 3. The maximum Gasteiger partial charge on any atom is 0.161 e. The Bertz CT molecular complexity index is 387. The smallest absolute Gasteiger partial charge is 0.161 e. The van der Waals surface area contributed by atoms with E-state index in [-0.39, 0.29) is 5.78 Å². The number of carbonyl (C=O) groups is 1. The van der Waals surface area contributed by atoms with Gasteiger partial charge in [-0.3, -0.25) is 4.79 Å². The molecule has 0 atom stereocenters. The fraction of sp³-hybridized carbons (Fsp3) is 0.500. The Hall–Kier alpha value is -1.55. The van der Waals surface area contributed by atoms with Crippen LogP contribution in [0.5, 0.6) is 11.5 Å². The number of methoxy groups -OCH3 is 3. The molecule has 0 amide bonds. The van der Waals surface area contributed by atoms with Crippen molar-refractivity contribution in [3.8, 4) is 11.5 Å². The zero-order chi connectivity index (χ0) is 13.4. The van der Waals surface area contributed by atoms with Crippen molar-refractivity contribution in [3.05, 3.63) is 23.8 Å². The molecule has 0 aromatic heterocycles. The van der Waals surface area contributed by atoms with Gasteiger partial charge < -0.3 is 14.2 Å². The van der Waals surface area contributed by atoms with E-state index in [4.69, 9.17) is 14.2 Å². The van der Waals surface area contributed by atoms with Gasteiger partial charge in [-0.1, -0.05) is 6.07 Å². The first-order chi connectivity index (χ1) is 8.71. The summed E-state index contributed by atoms with van der Waals surface area (Å²) in [4.78, 5) is 11.7. The number of hydrogen-bond donors (Lipinski definition) is 0. The molecule has 0 spiro atoms. The summed E-state index contributed by atoms with van der Waals surface area (Å²) in [5, 5.41) is 0. The van der Waals surface area contributed by atoms with Crippen molar-refractivity contribution in [2.75, 3.05) is 27.9 Å². The third kappa shape index (κ3) is 4.37. The SMILES string of the molecule is COCCCC(=O)Cc1ccc(OC)c(OC)c1. The molecule has 18 heavy (non-hydrogen) atoms. The van der Waals surface area contributed by atoms with Gasteiger partial charge in [-0.25, -0.2) is 0 Å². The van der Waals surface area contributed by atoms with Gasteiger partial charge >= 0.3 is 0 Å².